The maximum Gasteiger partial charge on any atom is 0.0632 e. The zero-order valence-corrected chi connectivity index (χ0v) is 10.9. The van der Waals surface area contributed by atoms with Gasteiger partial charge in [-0.2, -0.15) is 11.3 Å². The average molecular weight is 252 g/mol. The van der Waals surface area contributed by atoms with Gasteiger partial charge in [-0.15, -0.1) is 0 Å². The topological polar surface area (TPSA) is 24.5 Å². The van der Waals surface area contributed by atoms with Crippen molar-refractivity contribution in [2.45, 2.75) is 31.5 Å². The van der Waals surface area contributed by atoms with Crippen molar-refractivity contribution in [2.24, 2.45) is 0 Å². The van der Waals surface area contributed by atoms with E-state index in [0.29, 0.717) is 6.04 Å². The lowest BCUT2D eigenvalue weighted by Crippen LogP contribution is -2.48. The molecule has 17 heavy (non-hydrogen) atoms. The van der Waals surface area contributed by atoms with Crippen molar-refractivity contribution in [3.63, 3.8) is 0 Å². The number of nitrogens with one attached hydrogen (secondary N) is 1. The Kier molecular flexibility index (Phi) is 3.76. The van der Waals surface area contributed by atoms with Crippen molar-refractivity contribution in [3.05, 3.63) is 22.4 Å². The Balaban J connectivity index is 1.56. The number of rotatable bonds is 5. The van der Waals surface area contributed by atoms with E-state index in [0.717, 1.165) is 38.9 Å². The van der Waals surface area contributed by atoms with E-state index in [1.807, 2.05) is 0 Å². The maximum absolute atomic E-state index is 5.53. The summed E-state index contributed by atoms with van der Waals surface area (Å²) in [6, 6.07) is 3.58. The van der Waals surface area contributed by atoms with Crippen molar-refractivity contribution < 1.29 is 4.74 Å². The molecular weight excluding hydrogens is 232 g/mol. The third-order valence-electron chi connectivity index (χ3n) is 3.48. The molecule has 1 saturated carbocycles. The van der Waals surface area contributed by atoms with Crippen LogP contribution in [-0.2, 0) is 11.3 Å². The smallest absolute Gasteiger partial charge is 0.0632 e. The lowest BCUT2D eigenvalue weighted by molar-refractivity contribution is 0.0593. The van der Waals surface area contributed by atoms with Crippen LogP contribution in [0.3, 0.4) is 0 Å². The minimum Gasteiger partial charge on any atom is -0.378 e. The summed E-state index contributed by atoms with van der Waals surface area (Å²) in [6.45, 7) is 4.96. The third kappa shape index (κ3) is 3.28. The lowest BCUT2D eigenvalue weighted by atomic mass is 10.2. The first-order valence-electron chi connectivity index (χ1n) is 6.48. The van der Waals surface area contributed by atoms with Gasteiger partial charge in [-0.1, -0.05) is 0 Å². The molecule has 3 rings (SSSR count). The van der Waals surface area contributed by atoms with Gasteiger partial charge in [0.05, 0.1) is 13.2 Å². The summed E-state index contributed by atoms with van der Waals surface area (Å²) in [5, 5.41) is 7.98. The molecule has 1 aromatic rings. The Morgan fingerprint density at radius 1 is 1.47 bits per heavy atom. The molecule has 0 bridgehead atoms. The van der Waals surface area contributed by atoms with Crippen LogP contribution in [0.25, 0.3) is 0 Å². The summed E-state index contributed by atoms with van der Waals surface area (Å²) >= 11 is 1.79. The van der Waals surface area contributed by atoms with E-state index in [2.05, 4.69) is 27.0 Å². The first-order chi connectivity index (χ1) is 8.42. The van der Waals surface area contributed by atoms with Crippen molar-refractivity contribution in [1.82, 2.24) is 10.2 Å². The van der Waals surface area contributed by atoms with Gasteiger partial charge < -0.3 is 10.1 Å². The molecule has 1 aliphatic carbocycles. The molecule has 3 nitrogen and oxygen atoms in total. The fourth-order valence-electron chi connectivity index (χ4n) is 2.42. The van der Waals surface area contributed by atoms with E-state index >= 15 is 0 Å². The van der Waals surface area contributed by atoms with Crippen LogP contribution in [0.15, 0.2) is 16.8 Å². The molecule has 1 unspecified atom stereocenters. The molecule has 1 aromatic heterocycles. The normalized spacial score (nSPS) is 25.4. The van der Waals surface area contributed by atoms with Gasteiger partial charge in [0, 0.05) is 31.7 Å². The van der Waals surface area contributed by atoms with Crippen molar-refractivity contribution >= 4 is 11.3 Å². The van der Waals surface area contributed by atoms with Gasteiger partial charge >= 0.3 is 0 Å². The molecular formula is C13H20N2OS. The maximum atomic E-state index is 5.53. The van der Waals surface area contributed by atoms with E-state index in [-0.39, 0.29) is 0 Å². The van der Waals surface area contributed by atoms with Gasteiger partial charge in [0.15, 0.2) is 0 Å². The Morgan fingerprint density at radius 3 is 3.06 bits per heavy atom. The first kappa shape index (κ1) is 11.7. The van der Waals surface area contributed by atoms with Crippen LogP contribution in [0.5, 0.6) is 0 Å². The van der Waals surface area contributed by atoms with Crippen molar-refractivity contribution in [3.8, 4) is 0 Å². The second kappa shape index (κ2) is 5.48. The van der Waals surface area contributed by atoms with Crippen molar-refractivity contribution in [2.75, 3.05) is 26.3 Å². The van der Waals surface area contributed by atoms with E-state index in [9.17, 15) is 0 Å². The first-order valence-corrected chi connectivity index (χ1v) is 7.42. The minimum atomic E-state index is 0.517. The number of thiophene rings is 1. The van der Waals surface area contributed by atoms with Gasteiger partial charge in [-0.3, -0.25) is 4.90 Å². The van der Waals surface area contributed by atoms with Gasteiger partial charge in [0.25, 0.3) is 0 Å². The molecule has 1 atom stereocenters. The fraction of sp³-hybridized carbons (Fsp3) is 0.692. The average Bonchev–Trinajstić information content (AvgIpc) is 3.09. The summed E-state index contributed by atoms with van der Waals surface area (Å²) in [5.74, 6) is 0. The Labute approximate surface area is 107 Å². The summed E-state index contributed by atoms with van der Waals surface area (Å²) in [6.07, 6.45) is 2.75. The second-order valence-electron chi connectivity index (χ2n) is 5.02. The molecule has 0 amide bonds. The quantitative estimate of drug-likeness (QED) is 0.863. The molecule has 1 saturated heterocycles. The monoisotopic (exact) mass is 252 g/mol. The third-order valence-corrected chi connectivity index (χ3v) is 4.21. The van der Waals surface area contributed by atoms with E-state index in [4.69, 9.17) is 4.74 Å². The van der Waals surface area contributed by atoms with Crippen LogP contribution in [0.1, 0.15) is 18.4 Å². The largest absolute Gasteiger partial charge is 0.378 e. The van der Waals surface area contributed by atoms with Crippen LogP contribution in [0.2, 0.25) is 0 Å². The molecule has 1 aliphatic heterocycles. The molecule has 2 heterocycles. The highest BCUT2D eigenvalue weighted by Crippen LogP contribution is 2.28. The zero-order chi connectivity index (χ0) is 11.5. The van der Waals surface area contributed by atoms with Gasteiger partial charge in [-0.05, 0) is 35.2 Å². The number of morpholine rings is 1. The van der Waals surface area contributed by atoms with Crippen LogP contribution in [-0.4, -0.2) is 43.3 Å². The highest BCUT2D eigenvalue weighted by atomic mass is 32.1. The molecule has 0 aromatic carbocycles. The molecule has 2 fully saturated rings. The SMILES string of the molecule is c1cc(CN(CC2COCCN2)C2CC2)cs1. The minimum absolute atomic E-state index is 0.517. The number of hydrogen-bond acceptors (Lipinski definition) is 4. The fourth-order valence-corrected chi connectivity index (χ4v) is 3.08. The standard InChI is InChI=1S/C13H20N2OS/c1-2-13(1)15(7-11-3-6-17-10-11)8-12-9-16-5-4-14-12/h3,6,10,12-14H,1-2,4-5,7-9H2. The molecule has 4 heteroatoms. The van der Waals surface area contributed by atoms with E-state index in [1.54, 1.807) is 11.3 Å². The predicted octanol–water partition coefficient (Wildman–Crippen LogP) is 1.70. The van der Waals surface area contributed by atoms with E-state index < -0.39 is 0 Å². The molecule has 0 spiro atoms. The molecule has 94 valence electrons. The molecule has 1 N–H and O–H groups in total. The number of hydrogen-bond donors (Lipinski definition) is 1. The highest BCUT2D eigenvalue weighted by Gasteiger charge is 2.31. The predicted molar refractivity (Wildman–Crippen MR) is 70.4 cm³/mol. The Bertz CT molecular complexity index is 331. The van der Waals surface area contributed by atoms with Crippen molar-refractivity contribution in [1.29, 1.82) is 0 Å². The van der Waals surface area contributed by atoms with Crippen LogP contribution in [0.4, 0.5) is 0 Å². The number of nitrogens with zero attached hydrogens (tertiary/aromatic N) is 1. The summed E-state index contributed by atoms with van der Waals surface area (Å²) in [4.78, 5) is 2.62. The van der Waals surface area contributed by atoms with Gasteiger partial charge in [0.2, 0.25) is 0 Å². The highest BCUT2D eigenvalue weighted by molar-refractivity contribution is 7.07. The second-order valence-corrected chi connectivity index (χ2v) is 5.80. The number of ether oxygens (including phenoxy) is 1. The van der Waals surface area contributed by atoms with Crippen LogP contribution in [0, 0.1) is 0 Å². The summed E-state index contributed by atoms with van der Waals surface area (Å²) in [5.41, 5.74) is 1.46. The molecule has 0 radical (unpaired) electrons. The van der Waals surface area contributed by atoms with Crippen LogP contribution >= 0.6 is 11.3 Å². The molecule has 2 aliphatic rings. The zero-order valence-electron chi connectivity index (χ0n) is 10.1. The van der Waals surface area contributed by atoms with Gasteiger partial charge in [-0.25, -0.2) is 0 Å². The summed E-state index contributed by atoms with van der Waals surface area (Å²) in [7, 11) is 0. The van der Waals surface area contributed by atoms with Crippen LogP contribution < -0.4 is 5.32 Å². The van der Waals surface area contributed by atoms with Gasteiger partial charge in [0.1, 0.15) is 0 Å². The Morgan fingerprint density at radius 2 is 2.41 bits per heavy atom. The summed E-state index contributed by atoms with van der Waals surface area (Å²) < 4.78 is 5.53. The Hall–Kier alpha value is -0.420. The van der Waals surface area contributed by atoms with E-state index in [1.165, 1.54) is 18.4 Å². The lowest BCUT2D eigenvalue weighted by Gasteiger charge is -2.30.